The van der Waals surface area contributed by atoms with Gasteiger partial charge in [-0.25, -0.2) is 0 Å². The third-order valence-corrected chi connectivity index (χ3v) is 8.62. The fourth-order valence-electron chi connectivity index (χ4n) is 1.90. The molecule has 4 nitrogen and oxygen atoms in total. The summed E-state index contributed by atoms with van der Waals surface area (Å²) in [5.41, 5.74) is 1.78. The normalized spacial score (nSPS) is 15.3. The first-order valence-electron chi connectivity index (χ1n) is 7.46. The van der Waals surface area contributed by atoms with E-state index in [1.807, 2.05) is 18.2 Å². The lowest BCUT2D eigenvalue weighted by molar-refractivity contribution is -0.107. The fraction of sp³-hybridized carbons (Fsp3) is 0.471. The molecular weight excluding hydrogens is 296 g/mol. The maximum Gasteiger partial charge on any atom is 0.269 e. The zero-order chi connectivity index (χ0) is 16.4. The summed E-state index contributed by atoms with van der Waals surface area (Å²) >= 11 is 0. The molecule has 1 aliphatic heterocycles. The first-order valence-corrected chi connectivity index (χ1v) is 10.4. The zero-order valence-electron chi connectivity index (χ0n) is 13.9. The van der Waals surface area contributed by atoms with Gasteiger partial charge in [0.15, 0.2) is 0 Å². The average molecular weight is 320 g/mol. The third kappa shape index (κ3) is 3.52. The molecule has 0 amide bonds. The molecule has 1 aromatic rings. The Balaban J connectivity index is 2.36. The van der Waals surface area contributed by atoms with Gasteiger partial charge in [-0.3, -0.25) is 0 Å². The predicted molar refractivity (Wildman–Crippen MR) is 88.1 cm³/mol. The van der Waals surface area contributed by atoms with Crippen molar-refractivity contribution in [1.82, 2.24) is 0 Å². The standard InChI is InChI=1S/C17H24O4Si/c1-17(2,3)22(4,5)21-15-12-13(8-9-18)6-7-14(15)16-19-10-11-20-16/h6-7,9-12,16H,8H2,1-5H3. The molecule has 0 fully saturated rings. The highest BCUT2D eigenvalue weighted by Gasteiger charge is 2.40. The van der Waals surface area contributed by atoms with Crippen LogP contribution < -0.4 is 4.43 Å². The van der Waals surface area contributed by atoms with Gasteiger partial charge in [0.1, 0.15) is 24.6 Å². The third-order valence-electron chi connectivity index (χ3n) is 4.28. The summed E-state index contributed by atoms with van der Waals surface area (Å²) in [4.78, 5) is 10.8. The lowest BCUT2D eigenvalue weighted by Gasteiger charge is -2.37. The molecule has 0 bridgehead atoms. The summed E-state index contributed by atoms with van der Waals surface area (Å²) in [5, 5.41) is 0.0839. The van der Waals surface area contributed by atoms with Gasteiger partial charge in [-0.2, -0.15) is 0 Å². The minimum absolute atomic E-state index is 0.0839. The maximum absolute atomic E-state index is 10.8. The van der Waals surface area contributed by atoms with Crippen molar-refractivity contribution in [3.8, 4) is 5.75 Å². The van der Waals surface area contributed by atoms with E-state index in [2.05, 4.69) is 33.9 Å². The lowest BCUT2D eigenvalue weighted by atomic mass is 10.1. The van der Waals surface area contributed by atoms with E-state index in [1.165, 1.54) is 12.5 Å². The van der Waals surface area contributed by atoms with E-state index >= 15 is 0 Å². The molecule has 120 valence electrons. The largest absolute Gasteiger partial charge is 0.543 e. The number of aldehydes is 1. The zero-order valence-corrected chi connectivity index (χ0v) is 14.9. The monoisotopic (exact) mass is 320 g/mol. The Morgan fingerprint density at radius 2 is 1.86 bits per heavy atom. The van der Waals surface area contributed by atoms with Crippen LogP contribution in [0.25, 0.3) is 0 Å². The number of ether oxygens (including phenoxy) is 2. The van der Waals surface area contributed by atoms with Crippen LogP contribution in [0.15, 0.2) is 30.7 Å². The van der Waals surface area contributed by atoms with Gasteiger partial charge >= 0.3 is 0 Å². The minimum Gasteiger partial charge on any atom is -0.543 e. The van der Waals surface area contributed by atoms with Crippen LogP contribution in [0.5, 0.6) is 5.75 Å². The molecule has 5 heteroatoms. The smallest absolute Gasteiger partial charge is 0.269 e. The van der Waals surface area contributed by atoms with Gasteiger partial charge < -0.3 is 18.7 Å². The molecule has 0 saturated heterocycles. The first-order chi connectivity index (χ1) is 10.2. The molecule has 0 aromatic heterocycles. The Morgan fingerprint density at radius 3 is 2.41 bits per heavy atom. The van der Waals surface area contributed by atoms with Gasteiger partial charge in [0.05, 0.1) is 5.56 Å². The van der Waals surface area contributed by atoms with Crippen molar-refractivity contribution in [2.75, 3.05) is 0 Å². The Morgan fingerprint density at radius 1 is 1.23 bits per heavy atom. The van der Waals surface area contributed by atoms with E-state index in [-0.39, 0.29) is 5.04 Å². The number of benzene rings is 1. The Labute approximate surface area is 133 Å². The molecule has 0 unspecified atom stereocenters. The average Bonchev–Trinajstić information content (AvgIpc) is 2.91. The maximum atomic E-state index is 10.8. The summed E-state index contributed by atoms with van der Waals surface area (Å²) in [6.45, 7) is 11.0. The topological polar surface area (TPSA) is 44.8 Å². The van der Waals surface area contributed by atoms with Crippen LogP contribution in [0.4, 0.5) is 0 Å². The predicted octanol–water partition coefficient (Wildman–Crippen LogP) is 4.33. The fourth-order valence-corrected chi connectivity index (χ4v) is 2.93. The highest BCUT2D eigenvalue weighted by molar-refractivity contribution is 6.74. The van der Waals surface area contributed by atoms with E-state index in [0.717, 1.165) is 23.2 Å². The summed E-state index contributed by atoms with van der Waals surface area (Å²) in [7, 11) is -1.99. The van der Waals surface area contributed by atoms with Crippen molar-refractivity contribution in [1.29, 1.82) is 0 Å². The van der Waals surface area contributed by atoms with E-state index < -0.39 is 14.6 Å². The molecule has 0 spiro atoms. The number of carbonyl (C=O) groups excluding carboxylic acids is 1. The van der Waals surface area contributed by atoms with Gasteiger partial charge in [0, 0.05) is 6.42 Å². The van der Waals surface area contributed by atoms with Crippen LogP contribution in [0.1, 0.15) is 38.2 Å². The second-order valence-electron chi connectivity index (χ2n) is 6.98. The van der Waals surface area contributed by atoms with Crippen molar-refractivity contribution in [3.05, 3.63) is 41.9 Å². The number of carbonyl (C=O) groups is 1. The van der Waals surface area contributed by atoms with Crippen LogP contribution >= 0.6 is 0 Å². The summed E-state index contributed by atoms with van der Waals surface area (Å²) in [6, 6.07) is 5.75. The van der Waals surface area contributed by atoms with Crippen molar-refractivity contribution in [3.63, 3.8) is 0 Å². The van der Waals surface area contributed by atoms with Gasteiger partial charge in [0.2, 0.25) is 8.32 Å². The van der Waals surface area contributed by atoms with Crippen LogP contribution in [-0.2, 0) is 20.7 Å². The van der Waals surface area contributed by atoms with Gasteiger partial charge in [-0.15, -0.1) is 0 Å². The second-order valence-corrected chi connectivity index (χ2v) is 11.7. The molecule has 1 aromatic carbocycles. The molecule has 1 aliphatic rings. The molecule has 1 heterocycles. The highest BCUT2D eigenvalue weighted by atomic mass is 28.4. The van der Waals surface area contributed by atoms with Crippen LogP contribution in [0.3, 0.4) is 0 Å². The quantitative estimate of drug-likeness (QED) is 0.598. The highest BCUT2D eigenvalue weighted by Crippen LogP contribution is 2.40. The van der Waals surface area contributed by atoms with Crippen LogP contribution in [0, 0.1) is 0 Å². The first kappa shape index (κ1) is 16.6. The number of hydrogen-bond donors (Lipinski definition) is 0. The van der Waals surface area contributed by atoms with Crippen molar-refractivity contribution < 1.29 is 18.7 Å². The number of rotatable bonds is 5. The summed E-state index contributed by atoms with van der Waals surface area (Å²) < 4.78 is 17.3. The van der Waals surface area contributed by atoms with E-state index in [9.17, 15) is 4.79 Å². The molecule has 22 heavy (non-hydrogen) atoms. The van der Waals surface area contributed by atoms with Crippen LogP contribution in [0.2, 0.25) is 18.1 Å². The number of hydrogen-bond acceptors (Lipinski definition) is 4. The molecule has 0 N–H and O–H groups in total. The summed E-state index contributed by atoms with van der Waals surface area (Å²) in [6.07, 6.45) is 3.85. The minimum atomic E-state index is -1.99. The molecule has 0 saturated carbocycles. The SMILES string of the molecule is CC(C)(C)[Si](C)(C)Oc1cc(CC=O)ccc1C1OC=CO1. The lowest BCUT2D eigenvalue weighted by Crippen LogP contribution is -2.44. The summed E-state index contributed by atoms with van der Waals surface area (Å²) in [5.74, 6) is 0.750. The molecule has 0 aliphatic carbocycles. The molecule has 2 rings (SSSR count). The Kier molecular flexibility index (Phi) is 4.65. The van der Waals surface area contributed by atoms with Gasteiger partial charge in [-0.05, 0) is 35.8 Å². The molecule has 0 radical (unpaired) electrons. The molecule has 0 atom stereocenters. The van der Waals surface area contributed by atoms with Crippen molar-refractivity contribution in [2.45, 2.75) is 51.6 Å². The second kappa shape index (κ2) is 6.16. The Bertz CT molecular complexity index is 565. The van der Waals surface area contributed by atoms with Gasteiger partial charge in [-0.1, -0.05) is 26.8 Å². The van der Waals surface area contributed by atoms with Crippen LogP contribution in [-0.4, -0.2) is 14.6 Å². The van der Waals surface area contributed by atoms with Crippen molar-refractivity contribution in [2.24, 2.45) is 0 Å². The van der Waals surface area contributed by atoms with Crippen molar-refractivity contribution >= 4 is 14.6 Å². The van der Waals surface area contributed by atoms with Gasteiger partial charge in [0.25, 0.3) is 6.29 Å². The van der Waals surface area contributed by atoms with E-state index in [0.29, 0.717) is 6.42 Å². The molecular formula is C17H24O4Si. The van der Waals surface area contributed by atoms with E-state index in [1.54, 1.807) is 0 Å². The Hall–Kier alpha value is -1.75. The van der Waals surface area contributed by atoms with E-state index in [4.69, 9.17) is 13.9 Å².